The zero-order chi connectivity index (χ0) is 12.6. The van der Waals surface area contributed by atoms with Crippen molar-refractivity contribution in [2.24, 2.45) is 0 Å². The van der Waals surface area contributed by atoms with Crippen LogP contribution in [0.15, 0.2) is 43.0 Å². The van der Waals surface area contributed by atoms with Crippen LogP contribution in [0.1, 0.15) is 51.7 Å². The molecule has 0 saturated carbocycles. The Balaban J connectivity index is 0.00000106. The van der Waals surface area contributed by atoms with Crippen LogP contribution in [0.25, 0.3) is 5.57 Å². The quantitative estimate of drug-likeness (QED) is 0.591. The Kier molecular flexibility index (Phi) is 7.28. The SMILES string of the molecule is C=C(/C=C\C)c1ccc(C(C)C)cc1.CC. The Morgan fingerprint density at radius 2 is 1.62 bits per heavy atom. The minimum absolute atomic E-state index is 0.596. The van der Waals surface area contributed by atoms with Gasteiger partial charge in [-0.25, -0.2) is 0 Å². The van der Waals surface area contributed by atoms with E-state index in [1.54, 1.807) is 0 Å². The monoisotopic (exact) mass is 216 g/mol. The second kappa shape index (κ2) is 7.92. The molecular formula is C16H24. The van der Waals surface area contributed by atoms with Gasteiger partial charge in [0.25, 0.3) is 0 Å². The van der Waals surface area contributed by atoms with Gasteiger partial charge in [0.15, 0.2) is 0 Å². The lowest BCUT2D eigenvalue weighted by atomic mass is 9.99. The number of hydrogen-bond acceptors (Lipinski definition) is 0. The predicted octanol–water partition coefficient (Wildman–Crippen LogP) is 5.43. The molecule has 88 valence electrons. The molecule has 0 spiro atoms. The van der Waals surface area contributed by atoms with E-state index < -0.39 is 0 Å². The Morgan fingerprint density at radius 1 is 1.12 bits per heavy atom. The van der Waals surface area contributed by atoms with Crippen molar-refractivity contribution in [3.63, 3.8) is 0 Å². The molecule has 0 aromatic heterocycles. The second-order valence-electron chi connectivity index (χ2n) is 3.80. The summed E-state index contributed by atoms with van der Waals surface area (Å²) in [6.07, 6.45) is 4.04. The zero-order valence-corrected chi connectivity index (χ0v) is 11.2. The molecule has 1 aromatic rings. The summed E-state index contributed by atoms with van der Waals surface area (Å²) in [5.41, 5.74) is 3.65. The van der Waals surface area contributed by atoms with Crippen molar-refractivity contribution in [2.45, 2.75) is 40.5 Å². The highest BCUT2D eigenvalue weighted by Crippen LogP contribution is 2.19. The van der Waals surface area contributed by atoms with Gasteiger partial charge in [-0.3, -0.25) is 0 Å². The molecule has 0 heterocycles. The highest BCUT2D eigenvalue weighted by atomic mass is 14.0. The third-order valence-corrected chi connectivity index (χ3v) is 2.32. The van der Waals surface area contributed by atoms with E-state index in [1.807, 2.05) is 32.9 Å². The first-order valence-corrected chi connectivity index (χ1v) is 6.07. The van der Waals surface area contributed by atoms with Crippen LogP contribution in [0.3, 0.4) is 0 Å². The van der Waals surface area contributed by atoms with E-state index in [4.69, 9.17) is 0 Å². The summed E-state index contributed by atoms with van der Waals surface area (Å²) in [6.45, 7) is 14.4. The molecule has 0 fully saturated rings. The maximum Gasteiger partial charge on any atom is -0.0190 e. The van der Waals surface area contributed by atoms with Gasteiger partial charge >= 0.3 is 0 Å². The summed E-state index contributed by atoms with van der Waals surface area (Å²) >= 11 is 0. The molecular weight excluding hydrogens is 192 g/mol. The summed E-state index contributed by atoms with van der Waals surface area (Å²) in [7, 11) is 0. The molecule has 0 heteroatoms. The Hall–Kier alpha value is -1.30. The summed E-state index contributed by atoms with van der Waals surface area (Å²) < 4.78 is 0. The van der Waals surface area contributed by atoms with Gasteiger partial charge in [-0.1, -0.05) is 70.7 Å². The third kappa shape index (κ3) is 4.48. The average Bonchev–Trinajstić information content (AvgIpc) is 2.32. The van der Waals surface area contributed by atoms with Crippen LogP contribution in [0, 0.1) is 0 Å². The van der Waals surface area contributed by atoms with Crippen molar-refractivity contribution < 1.29 is 0 Å². The number of benzene rings is 1. The van der Waals surface area contributed by atoms with E-state index in [1.165, 1.54) is 11.1 Å². The third-order valence-electron chi connectivity index (χ3n) is 2.32. The van der Waals surface area contributed by atoms with Gasteiger partial charge in [-0.2, -0.15) is 0 Å². The Labute approximate surface area is 101 Å². The molecule has 0 aliphatic carbocycles. The zero-order valence-electron chi connectivity index (χ0n) is 11.2. The van der Waals surface area contributed by atoms with E-state index in [2.05, 4.69) is 44.7 Å². The number of rotatable bonds is 3. The fraction of sp³-hybridized carbons (Fsp3) is 0.375. The van der Waals surface area contributed by atoms with Crippen LogP contribution >= 0.6 is 0 Å². The Bertz CT molecular complexity index is 326. The van der Waals surface area contributed by atoms with E-state index in [-0.39, 0.29) is 0 Å². The molecule has 0 aliphatic heterocycles. The van der Waals surface area contributed by atoms with E-state index in [9.17, 15) is 0 Å². The van der Waals surface area contributed by atoms with E-state index in [0.29, 0.717) is 5.92 Å². The van der Waals surface area contributed by atoms with Gasteiger partial charge in [-0.15, -0.1) is 0 Å². The first kappa shape index (κ1) is 14.7. The average molecular weight is 216 g/mol. The lowest BCUT2D eigenvalue weighted by Gasteiger charge is -2.06. The first-order chi connectivity index (χ1) is 7.65. The lowest BCUT2D eigenvalue weighted by Crippen LogP contribution is -1.87. The Morgan fingerprint density at radius 3 is 2.00 bits per heavy atom. The standard InChI is InChI=1S/C14H18.C2H6/c1-5-6-12(4)14-9-7-13(8-10-14)11(2)3;1-2/h5-11H,4H2,1-3H3;1-2H3/b6-5-;. The van der Waals surface area contributed by atoms with Crippen LogP contribution in [-0.2, 0) is 0 Å². The molecule has 0 saturated heterocycles. The van der Waals surface area contributed by atoms with Crippen molar-refractivity contribution in [2.75, 3.05) is 0 Å². The minimum Gasteiger partial charge on any atom is -0.0912 e. The van der Waals surface area contributed by atoms with Gasteiger partial charge in [-0.05, 0) is 29.5 Å². The predicted molar refractivity (Wildman–Crippen MR) is 75.7 cm³/mol. The summed E-state index contributed by atoms with van der Waals surface area (Å²) in [6, 6.07) is 8.62. The number of allylic oxidation sites excluding steroid dienone is 3. The molecule has 0 nitrogen and oxygen atoms in total. The van der Waals surface area contributed by atoms with Crippen LogP contribution in [0.2, 0.25) is 0 Å². The molecule has 1 aromatic carbocycles. The fourth-order valence-corrected chi connectivity index (χ4v) is 1.38. The van der Waals surface area contributed by atoms with Gasteiger partial charge in [0.2, 0.25) is 0 Å². The molecule has 0 unspecified atom stereocenters. The summed E-state index contributed by atoms with van der Waals surface area (Å²) in [5.74, 6) is 0.596. The van der Waals surface area contributed by atoms with Crippen LogP contribution in [0.4, 0.5) is 0 Å². The smallest absolute Gasteiger partial charge is 0.0190 e. The largest absolute Gasteiger partial charge is 0.0912 e. The van der Waals surface area contributed by atoms with Crippen LogP contribution in [-0.4, -0.2) is 0 Å². The molecule has 0 radical (unpaired) electrons. The lowest BCUT2D eigenvalue weighted by molar-refractivity contribution is 0.866. The van der Waals surface area contributed by atoms with Crippen molar-refractivity contribution in [1.29, 1.82) is 0 Å². The van der Waals surface area contributed by atoms with Crippen molar-refractivity contribution in [1.82, 2.24) is 0 Å². The topological polar surface area (TPSA) is 0 Å². The molecule has 0 amide bonds. The van der Waals surface area contributed by atoms with E-state index in [0.717, 1.165) is 5.57 Å². The summed E-state index contributed by atoms with van der Waals surface area (Å²) in [4.78, 5) is 0. The maximum absolute atomic E-state index is 4.00. The summed E-state index contributed by atoms with van der Waals surface area (Å²) in [5, 5.41) is 0. The van der Waals surface area contributed by atoms with Crippen molar-refractivity contribution >= 4 is 5.57 Å². The molecule has 0 N–H and O–H groups in total. The van der Waals surface area contributed by atoms with Crippen LogP contribution < -0.4 is 0 Å². The maximum atomic E-state index is 4.00. The van der Waals surface area contributed by atoms with Crippen molar-refractivity contribution in [3.05, 3.63) is 54.1 Å². The van der Waals surface area contributed by atoms with Gasteiger partial charge in [0, 0.05) is 0 Å². The molecule has 0 bridgehead atoms. The normalized spacial score (nSPS) is 10.1. The van der Waals surface area contributed by atoms with Gasteiger partial charge in [0.1, 0.15) is 0 Å². The minimum atomic E-state index is 0.596. The first-order valence-electron chi connectivity index (χ1n) is 6.07. The van der Waals surface area contributed by atoms with Gasteiger partial charge in [0.05, 0.1) is 0 Å². The molecule has 0 aliphatic rings. The highest BCUT2D eigenvalue weighted by molar-refractivity contribution is 5.71. The van der Waals surface area contributed by atoms with Gasteiger partial charge < -0.3 is 0 Å². The van der Waals surface area contributed by atoms with Crippen LogP contribution in [0.5, 0.6) is 0 Å². The van der Waals surface area contributed by atoms with E-state index >= 15 is 0 Å². The molecule has 1 rings (SSSR count). The molecule has 16 heavy (non-hydrogen) atoms. The fourth-order valence-electron chi connectivity index (χ4n) is 1.38. The highest BCUT2D eigenvalue weighted by Gasteiger charge is 1.99. The van der Waals surface area contributed by atoms with Crippen molar-refractivity contribution in [3.8, 4) is 0 Å². The molecule has 0 atom stereocenters. The second-order valence-corrected chi connectivity index (χ2v) is 3.80. The number of hydrogen-bond donors (Lipinski definition) is 0.